The summed E-state index contributed by atoms with van der Waals surface area (Å²) in [5.74, 6) is 0.669. The van der Waals surface area contributed by atoms with Crippen LogP contribution in [0.1, 0.15) is 53.9 Å². The Morgan fingerprint density at radius 3 is 2.81 bits per heavy atom. The van der Waals surface area contributed by atoms with Gasteiger partial charge in [0, 0.05) is 28.4 Å². The van der Waals surface area contributed by atoms with Gasteiger partial charge < -0.3 is 4.98 Å². The van der Waals surface area contributed by atoms with Crippen LogP contribution in [0.3, 0.4) is 0 Å². The molecule has 4 aromatic rings. The summed E-state index contributed by atoms with van der Waals surface area (Å²) >= 11 is 0. The van der Waals surface area contributed by atoms with Gasteiger partial charge in [-0.15, -0.1) is 0 Å². The highest BCUT2D eigenvalue weighted by molar-refractivity contribution is 5.88. The van der Waals surface area contributed by atoms with E-state index in [9.17, 15) is 4.79 Å². The number of carbonyl (C=O) groups excluding carboxylic acids is 1. The summed E-state index contributed by atoms with van der Waals surface area (Å²) in [6.07, 6.45) is 11.5. The van der Waals surface area contributed by atoms with Gasteiger partial charge in [0.1, 0.15) is 12.6 Å². The smallest absolute Gasteiger partial charge is 0.150 e. The molecule has 0 radical (unpaired) electrons. The third-order valence-corrected chi connectivity index (χ3v) is 5.73. The maximum absolute atomic E-state index is 11.0. The number of hydrogen-bond acceptors (Lipinski definition) is 2. The van der Waals surface area contributed by atoms with Crippen LogP contribution in [0.2, 0.25) is 0 Å². The molecule has 0 amide bonds. The van der Waals surface area contributed by atoms with E-state index in [0.717, 1.165) is 23.0 Å². The molecule has 1 saturated carbocycles. The number of carbonyl (C=O) groups is 1. The second-order valence-corrected chi connectivity index (χ2v) is 7.29. The van der Waals surface area contributed by atoms with Crippen LogP contribution >= 0.6 is 0 Å². The zero-order chi connectivity index (χ0) is 17.5. The molecule has 1 fully saturated rings. The molecule has 5 rings (SSSR count). The van der Waals surface area contributed by atoms with E-state index in [1.165, 1.54) is 48.6 Å². The summed E-state index contributed by atoms with van der Waals surface area (Å²) in [7, 11) is 0. The molecular weight excluding hydrogens is 322 g/mol. The lowest BCUT2D eigenvalue weighted by atomic mass is 9.84. The second-order valence-electron chi connectivity index (χ2n) is 7.29. The number of aromatic amines is 1. The van der Waals surface area contributed by atoms with Crippen molar-refractivity contribution in [2.24, 2.45) is 0 Å². The Labute approximate surface area is 151 Å². The first-order valence-corrected chi connectivity index (χ1v) is 9.37. The molecule has 1 aliphatic rings. The van der Waals surface area contributed by atoms with Gasteiger partial charge in [0.05, 0.1) is 11.0 Å². The number of benzene rings is 2. The van der Waals surface area contributed by atoms with Gasteiger partial charge in [-0.25, -0.2) is 4.98 Å². The van der Waals surface area contributed by atoms with Crippen LogP contribution in [0.15, 0.2) is 48.9 Å². The molecule has 4 nitrogen and oxygen atoms in total. The Hall–Kier alpha value is -2.88. The molecule has 2 aromatic carbocycles. The Kier molecular flexibility index (Phi) is 3.63. The molecule has 2 aromatic heterocycles. The Morgan fingerprint density at radius 1 is 1.08 bits per heavy atom. The molecule has 1 N–H and O–H groups in total. The molecule has 2 heterocycles. The van der Waals surface area contributed by atoms with Crippen LogP contribution < -0.4 is 0 Å². The summed E-state index contributed by atoms with van der Waals surface area (Å²) in [5, 5.41) is 1.32. The van der Waals surface area contributed by atoms with E-state index in [2.05, 4.69) is 38.9 Å². The first-order chi connectivity index (χ1) is 12.8. The highest BCUT2D eigenvalue weighted by Gasteiger charge is 2.19. The van der Waals surface area contributed by atoms with Gasteiger partial charge in [0.25, 0.3) is 0 Å². The van der Waals surface area contributed by atoms with E-state index < -0.39 is 0 Å². The maximum Gasteiger partial charge on any atom is 0.150 e. The Bertz CT molecular complexity index is 1100. The molecule has 26 heavy (non-hydrogen) atoms. The van der Waals surface area contributed by atoms with Crippen molar-refractivity contribution in [1.29, 1.82) is 0 Å². The number of nitrogens with one attached hydrogen (secondary N) is 1. The minimum Gasteiger partial charge on any atom is -0.361 e. The summed E-state index contributed by atoms with van der Waals surface area (Å²) < 4.78 is 2.10. The molecule has 0 spiro atoms. The number of H-pyrrole nitrogens is 1. The number of fused-ring (bicyclic) bond motifs is 2. The molecule has 0 bridgehead atoms. The van der Waals surface area contributed by atoms with E-state index in [4.69, 9.17) is 0 Å². The van der Waals surface area contributed by atoms with Crippen molar-refractivity contribution >= 4 is 28.2 Å². The van der Waals surface area contributed by atoms with Crippen molar-refractivity contribution in [3.63, 3.8) is 0 Å². The third-order valence-electron chi connectivity index (χ3n) is 5.73. The lowest BCUT2D eigenvalue weighted by molar-refractivity contribution is 0.112. The molecule has 130 valence electrons. The number of imidazole rings is 1. The van der Waals surface area contributed by atoms with Gasteiger partial charge in [0.15, 0.2) is 0 Å². The monoisotopic (exact) mass is 343 g/mol. The van der Waals surface area contributed by atoms with E-state index in [0.29, 0.717) is 11.5 Å². The van der Waals surface area contributed by atoms with Crippen LogP contribution in [-0.4, -0.2) is 20.8 Å². The number of aldehydes is 1. The maximum atomic E-state index is 11.0. The SMILES string of the molecule is O=Cc1ccc2c(c1)ncn2-c1ccc2[nH]cc(C3CCCCC3)c2c1. The van der Waals surface area contributed by atoms with Gasteiger partial charge in [-0.1, -0.05) is 19.3 Å². The summed E-state index contributed by atoms with van der Waals surface area (Å²) in [4.78, 5) is 18.9. The molecular formula is C22H21N3O. The van der Waals surface area contributed by atoms with Gasteiger partial charge >= 0.3 is 0 Å². The zero-order valence-corrected chi connectivity index (χ0v) is 14.6. The van der Waals surface area contributed by atoms with E-state index >= 15 is 0 Å². The Balaban J connectivity index is 1.62. The lowest BCUT2D eigenvalue weighted by Gasteiger charge is -2.21. The fraction of sp³-hybridized carbons (Fsp3) is 0.273. The number of aromatic nitrogens is 3. The summed E-state index contributed by atoms with van der Waals surface area (Å²) in [6.45, 7) is 0. The highest BCUT2D eigenvalue weighted by atomic mass is 16.1. The van der Waals surface area contributed by atoms with Crippen LogP contribution in [0.25, 0.3) is 27.6 Å². The topological polar surface area (TPSA) is 50.7 Å². The van der Waals surface area contributed by atoms with Crippen LogP contribution in [0.4, 0.5) is 0 Å². The van der Waals surface area contributed by atoms with E-state index in [1.54, 1.807) is 0 Å². The Morgan fingerprint density at radius 2 is 1.96 bits per heavy atom. The molecule has 0 aliphatic heterocycles. The summed E-state index contributed by atoms with van der Waals surface area (Å²) in [6, 6.07) is 12.2. The van der Waals surface area contributed by atoms with Gasteiger partial charge in [-0.2, -0.15) is 0 Å². The normalized spacial score (nSPS) is 15.7. The average Bonchev–Trinajstić information content (AvgIpc) is 3.31. The third kappa shape index (κ3) is 2.45. The fourth-order valence-electron chi connectivity index (χ4n) is 4.34. The largest absolute Gasteiger partial charge is 0.361 e. The van der Waals surface area contributed by atoms with Gasteiger partial charge in [0.2, 0.25) is 0 Å². The number of nitrogens with zero attached hydrogens (tertiary/aromatic N) is 2. The first-order valence-electron chi connectivity index (χ1n) is 9.37. The van der Waals surface area contributed by atoms with Crippen molar-refractivity contribution in [2.75, 3.05) is 0 Å². The zero-order valence-electron chi connectivity index (χ0n) is 14.6. The van der Waals surface area contributed by atoms with Gasteiger partial charge in [-0.3, -0.25) is 9.36 Å². The number of hydrogen-bond donors (Lipinski definition) is 1. The van der Waals surface area contributed by atoms with Gasteiger partial charge in [-0.05, 0) is 60.7 Å². The van der Waals surface area contributed by atoms with Crippen molar-refractivity contribution in [3.8, 4) is 5.69 Å². The minimum atomic E-state index is 0.656. The predicted octanol–water partition coefficient (Wildman–Crippen LogP) is 5.37. The molecule has 1 aliphatic carbocycles. The highest BCUT2D eigenvalue weighted by Crippen LogP contribution is 2.37. The number of rotatable bonds is 3. The first kappa shape index (κ1) is 15.4. The van der Waals surface area contributed by atoms with Crippen molar-refractivity contribution in [1.82, 2.24) is 14.5 Å². The van der Waals surface area contributed by atoms with Crippen molar-refractivity contribution in [2.45, 2.75) is 38.0 Å². The summed E-state index contributed by atoms with van der Waals surface area (Å²) in [5.41, 5.74) is 6.27. The van der Waals surface area contributed by atoms with E-state index in [1.807, 2.05) is 24.5 Å². The fourth-order valence-corrected chi connectivity index (χ4v) is 4.34. The van der Waals surface area contributed by atoms with Crippen LogP contribution in [0.5, 0.6) is 0 Å². The minimum absolute atomic E-state index is 0.656. The molecule has 0 atom stereocenters. The second kappa shape index (κ2) is 6.13. The van der Waals surface area contributed by atoms with Crippen molar-refractivity contribution in [3.05, 3.63) is 60.0 Å². The van der Waals surface area contributed by atoms with Crippen LogP contribution in [0, 0.1) is 0 Å². The molecule has 4 heteroatoms. The van der Waals surface area contributed by atoms with Crippen molar-refractivity contribution < 1.29 is 4.79 Å². The molecule has 0 unspecified atom stereocenters. The quantitative estimate of drug-likeness (QED) is 0.509. The standard InChI is InChI=1S/C22H21N3O/c26-13-15-6-9-22-21(10-15)24-14-25(22)17-7-8-20-18(11-17)19(12-23-20)16-4-2-1-3-5-16/h6-14,16,23H,1-5H2. The van der Waals surface area contributed by atoms with Crippen LogP contribution in [-0.2, 0) is 0 Å². The predicted molar refractivity (Wildman–Crippen MR) is 104 cm³/mol. The van der Waals surface area contributed by atoms with E-state index in [-0.39, 0.29) is 0 Å². The average molecular weight is 343 g/mol. The lowest BCUT2D eigenvalue weighted by Crippen LogP contribution is -2.03. The molecule has 0 saturated heterocycles.